The minimum Gasteiger partial charge on any atom is -0.481 e. The zero-order chi connectivity index (χ0) is 15.0. The van der Waals surface area contributed by atoms with Crippen LogP contribution in [0.4, 0.5) is 8.78 Å². The molecule has 1 aromatic carbocycles. The SMILES string of the molecule is CCCNC(=O)CNC(=O)COc1ccc(F)cc1F. The normalized spacial score (nSPS) is 9.95. The molecule has 0 spiro atoms. The molecular weight excluding hydrogens is 270 g/mol. The van der Waals surface area contributed by atoms with Crippen LogP contribution < -0.4 is 15.4 Å². The van der Waals surface area contributed by atoms with Crippen LogP contribution in [0.25, 0.3) is 0 Å². The molecule has 0 atom stereocenters. The molecule has 0 saturated heterocycles. The molecule has 20 heavy (non-hydrogen) atoms. The summed E-state index contributed by atoms with van der Waals surface area (Å²) in [5.41, 5.74) is 0. The maximum atomic E-state index is 13.2. The molecule has 5 nitrogen and oxygen atoms in total. The molecule has 7 heteroatoms. The predicted octanol–water partition coefficient (Wildman–Crippen LogP) is 0.986. The Bertz CT molecular complexity index is 481. The molecule has 0 radical (unpaired) electrons. The fourth-order valence-electron chi connectivity index (χ4n) is 1.29. The molecule has 0 heterocycles. The summed E-state index contributed by atoms with van der Waals surface area (Å²) in [6.07, 6.45) is 0.798. The highest BCUT2D eigenvalue weighted by molar-refractivity contribution is 5.85. The van der Waals surface area contributed by atoms with E-state index in [0.717, 1.165) is 18.6 Å². The summed E-state index contributed by atoms with van der Waals surface area (Å²) in [5.74, 6) is -2.73. The first-order valence-corrected chi connectivity index (χ1v) is 6.14. The summed E-state index contributed by atoms with van der Waals surface area (Å²) >= 11 is 0. The molecular formula is C13H16F2N2O3. The van der Waals surface area contributed by atoms with Gasteiger partial charge in [0.25, 0.3) is 5.91 Å². The number of halogens is 2. The Hall–Kier alpha value is -2.18. The lowest BCUT2D eigenvalue weighted by Gasteiger charge is -2.08. The van der Waals surface area contributed by atoms with E-state index in [1.54, 1.807) is 0 Å². The Kier molecular flexibility index (Phi) is 6.42. The molecule has 0 saturated carbocycles. The van der Waals surface area contributed by atoms with Crippen LogP contribution in [0, 0.1) is 11.6 Å². The van der Waals surface area contributed by atoms with Crippen molar-refractivity contribution in [1.29, 1.82) is 0 Å². The van der Waals surface area contributed by atoms with Crippen LogP contribution in [-0.2, 0) is 9.59 Å². The van der Waals surface area contributed by atoms with Crippen LogP contribution in [0.3, 0.4) is 0 Å². The molecule has 2 N–H and O–H groups in total. The molecule has 2 amide bonds. The van der Waals surface area contributed by atoms with Gasteiger partial charge in [-0.05, 0) is 18.6 Å². The van der Waals surface area contributed by atoms with Crippen LogP contribution in [0.15, 0.2) is 18.2 Å². The molecule has 1 rings (SSSR count). The van der Waals surface area contributed by atoms with Crippen LogP contribution in [0.2, 0.25) is 0 Å². The van der Waals surface area contributed by atoms with E-state index < -0.39 is 24.1 Å². The first-order valence-electron chi connectivity index (χ1n) is 6.14. The number of benzene rings is 1. The molecule has 0 aliphatic rings. The molecule has 0 fully saturated rings. The fraction of sp³-hybridized carbons (Fsp3) is 0.385. The third-order valence-electron chi connectivity index (χ3n) is 2.27. The standard InChI is InChI=1S/C13H16F2N2O3/c1-2-5-16-12(18)7-17-13(19)8-20-11-4-3-9(14)6-10(11)15/h3-4,6H,2,5,7-8H2,1H3,(H,16,18)(H,17,19). The van der Waals surface area contributed by atoms with Crippen molar-refractivity contribution in [3.05, 3.63) is 29.8 Å². The predicted molar refractivity (Wildman–Crippen MR) is 68.2 cm³/mol. The molecule has 0 unspecified atom stereocenters. The summed E-state index contributed by atoms with van der Waals surface area (Å²) in [4.78, 5) is 22.6. The van der Waals surface area contributed by atoms with Crippen molar-refractivity contribution in [2.75, 3.05) is 19.7 Å². The van der Waals surface area contributed by atoms with Crippen LogP contribution in [0.1, 0.15) is 13.3 Å². The lowest BCUT2D eigenvalue weighted by molar-refractivity contribution is -0.127. The molecule has 1 aromatic rings. The van der Waals surface area contributed by atoms with Gasteiger partial charge in [-0.15, -0.1) is 0 Å². The van der Waals surface area contributed by atoms with E-state index in [0.29, 0.717) is 12.6 Å². The molecule has 0 aromatic heterocycles. The Labute approximate surface area is 115 Å². The van der Waals surface area contributed by atoms with Crippen LogP contribution >= 0.6 is 0 Å². The average Bonchev–Trinajstić information content (AvgIpc) is 2.41. The number of carbonyl (C=O) groups is 2. The van der Waals surface area contributed by atoms with Gasteiger partial charge in [-0.25, -0.2) is 8.78 Å². The quantitative estimate of drug-likeness (QED) is 0.785. The third kappa shape index (κ3) is 5.64. The first kappa shape index (κ1) is 15.9. The van der Waals surface area contributed by atoms with Crippen molar-refractivity contribution < 1.29 is 23.1 Å². The maximum Gasteiger partial charge on any atom is 0.258 e. The minimum atomic E-state index is -0.890. The smallest absolute Gasteiger partial charge is 0.258 e. The second-order valence-corrected chi connectivity index (χ2v) is 3.99. The monoisotopic (exact) mass is 286 g/mol. The Morgan fingerprint density at radius 3 is 2.60 bits per heavy atom. The lowest BCUT2D eigenvalue weighted by Crippen LogP contribution is -2.39. The highest BCUT2D eigenvalue weighted by Crippen LogP contribution is 2.17. The van der Waals surface area contributed by atoms with E-state index in [4.69, 9.17) is 4.74 Å². The van der Waals surface area contributed by atoms with Crippen molar-refractivity contribution >= 4 is 11.8 Å². The van der Waals surface area contributed by atoms with Crippen molar-refractivity contribution in [3.8, 4) is 5.75 Å². The van der Waals surface area contributed by atoms with Gasteiger partial charge in [0.1, 0.15) is 5.82 Å². The van der Waals surface area contributed by atoms with Crippen molar-refractivity contribution in [2.45, 2.75) is 13.3 Å². The zero-order valence-corrected chi connectivity index (χ0v) is 11.0. The van der Waals surface area contributed by atoms with E-state index in [2.05, 4.69) is 10.6 Å². The number of amides is 2. The number of hydrogen-bond acceptors (Lipinski definition) is 3. The Morgan fingerprint density at radius 2 is 1.95 bits per heavy atom. The largest absolute Gasteiger partial charge is 0.481 e. The van der Waals surface area contributed by atoms with Crippen molar-refractivity contribution in [2.24, 2.45) is 0 Å². The Balaban J connectivity index is 2.31. The molecule has 0 aliphatic heterocycles. The highest BCUT2D eigenvalue weighted by atomic mass is 19.1. The van der Waals surface area contributed by atoms with E-state index in [1.807, 2.05) is 6.92 Å². The number of rotatable bonds is 7. The number of hydrogen-bond donors (Lipinski definition) is 2. The van der Waals surface area contributed by atoms with Crippen molar-refractivity contribution in [3.63, 3.8) is 0 Å². The van der Waals surface area contributed by atoms with E-state index in [1.165, 1.54) is 0 Å². The van der Waals surface area contributed by atoms with E-state index in [9.17, 15) is 18.4 Å². The van der Waals surface area contributed by atoms with Crippen molar-refractivity contribution in [1.82, 2.24) is 10.6 Å². The van der Waals surface area contributed by atoms with Crippen LogP contribution in [0.5, 0.6) is 5.75 Å². The zero-order valence-electron chi connectivity index (χ0n) is 11.0. The highest BCUT2D eigenvalue weighted by Gasteiger charge is 2.09. The van der Waals surface area contributed by atoms with Gasteiger partial charge in [0.2, 0.25) is 5.91 Å². The first-order chi connectivity index (χ1) is 9.52. The number of ether oxygens (including phenoxy) is 1. The van der Waals surface area contributed by atoms with Gasteiger partial charge in [-0.2, -0.15) is 0 Å². The van der Waals surface area contributed by atoms with Gasteiger partial charge in [0, 0.05) is 12.6 Å². The van der Waals surface area contributed by atoms with E-state index in [-0.39, 0.29) is 18.2 Å². The summed E-state index contributed by atoms with van der Waals surface area (Å²) in [6, 6.07) is 2.77. The Morgan fingerprint density at radius 1 is 1.20 bits per heavy atom. The summed E-state index contributed by atoms with van der Waals surface area (Å²) < 4.78 is 30.7. The summed E-state index contributed by atoms with van der Waals surface area (Å²) in [6.45, 7) is 1.81. The maximum absolute atomic E-state index is 13.2. The van der Waals surface area contributed by atoms with Gasteiger partial charge in [-0.3, -0.25) is 9.59 Å². The average molecular weight is 286 g/mol. The summed E-state index contributed by atoms with van der Waals surface area (Å²) in [7, 11) is 0. The van der Waals surface area contributed by atoms with Gasteiger partial charge in [0.05, 0.1) is 6.54 Å². The van der Waals surface area contributed by atoms with Gasteiger partial charge in [0.15, 0.2) is 18.2 Å². The number of nitrogens with one attached hydrogen (secondary N) is 2. The van der Waals surface area contributed by atoms with Gasteiger partial charge >= 0.3 is 0 Å². The van der Waals surface area contributed by atoms with Gasteiger partial charge < -0.3 is 15.4 Å². The topological polar surface area (TPSA) is 67.4 Å². The number of carbonyl (C=O) groups excluding carboxylic acids is 2. The van der Waals surface area contributed by atoms with E-state index >= 15 is 0 Å². The minimum absolute atomic E-state index is 0.173. The molecule has 0 aliphatic carbocycles. The second kappa shape index (κ2) is 8.08. The third-order valence-corrected chi connectivity index (χ3v) is 2.27. The fourth-order valence-corrected chi connectivity index (χ4v) is 1.29. The molecule has 110 valence electrons. The second-order valence-electron chi connectivity index (χ2n) is 3.99. The summed E-state index contributed by atoms with van der Waals surface area (Å²) in [5, 5.41) is 4.90. The molecule has 0 bridgehead atoms. The lowest BCUT2D eigenvalue weighted by atomic mass is 10.3. The van der Waals surface area contributed by atoms with Crippen LogP contribution in [-0.4, -0.2) is 31.5 Å². The van der Waals surface area contributed by atoms with Gasteiger partial charge in [-0.1, -0.05) is 6.92 Å².